The Morgan fingerprint density at radius 2 is 0.489 bits per heavy atom. The number of pyridine rings is 2. The molecule has 0 amide bonds. The summed E-state index contributed by atoms with van der Waals surface area (Å²) in [6, 6.07) is 95.4. The lowest BCUT2D eigenvalue weighted by Crippen LogP contribution is -2.52. The van der Waals surface area contributed by atoms with E-state index in [0.717, 1.165) is 44.5 Å². The van der Waals surface area contributed by atoms with Gasteiger partial charge in [0.05, 0.1) is 167 Å². The van der Waals surface area contributed by atoms with Gasteiger partial charge in [-0.25, -0.2) is 0 Å². The molecule has 12 rings (SSSR count). The average Bonchev–Trinajstić information content (AvgIpc) is 0.779. The maximum Gasteiger partial charge on any atom is 0.294 e. The molecule has 3 atom stereocenters. The van der Waals surface area contributed by atoms with E-state index >= 15 is 19.2 Å². The zero-order valence-electron chi connectivity index (χ0n) is 77.7. The summed E-state index contributed by atoms with van der Waals surface area (Å²) in [6.07, 6.45) is -1.35. The third kappa shape index (κ3) is 34.9. The molecule has 6 N–H and O–H groups in total. The molecular weight excluding hydrogens is 1710 g/mol. The third-order valence-electron chi connectivity index (χ3n) is 22.7. The summed E-state index contributed by atoms with van der Waals surface area (Å²) in [4.78, 5) is 65.8. The van der Waals surface area contributed by atoms with Crippen molar-refractivity contribution in [3.63, 3.8) is 0 Å². The van der Waals surface area contributed by atoms with Crippen LogP contribution in [0.1, 0.15) is 120 Å². The molecule has 12 aromatic rings. The van der Waals surface area contributed by atoms with E-state index < -0.39 is 77.3 Å². The smallest absolute Gasteiger partial charge is 0.294 e. The fraction of sp³-hybridized carbons (Fsp3) is 0.351. The van der Waals surface area contributed by atoms with E-state index in [0.29, 0.717) is 88.2 Å². The zero-order chi connectivity index (χ0) is 94.2. The Kier molecular flexibility index (Phi) is 43.5. The molecule has 712 valence electrons. The normalized spacial score (nSPS) is 12.4. The predicted octanol–water partition coefficient (Wildman–Crippen LogP) is 16.3. The van der Waals surface area contributed by atoms with Gasteiger partial charge < -0.3 is 92.7 Å². The summed E-state index contributed by atoms with van der Waals surface area (Å²) < 4.78 is 94.9. The lowest BCUT2D eigenvalue weighted by atomic mass is 10.00. The largest absolute Gasteiger partial charge is 0.482 e. The molecule has 135 heavy (non-hydrogen) atoms. The molecule has 0 spiro atoms. The molecule has 10 aromatic carbocycles. The second-order valence-corrected chi connectivity index (χ2v) is 33.8. The number of carbonyl (C=O) groups is 2. The van der Waals surface area contributed by atoms with Crippen LogP contribution < -0.4 is 37.8 Å². The van der Waals surface area contributed by atoms with Gasteiger partial charge in [-0.15, -0.1) is 0 Å². The number of nitrogens with zero attached hydrogens (tertiary/aromatic N) is 3. The average molecular weight is 1840 g/mol. The molecule has 0 radical (unpaired) electrons. The quantitative estimate of drug-likeness (QED) is 0.0298. The van der Waals surface area contributed by atoms with Crippen LogP contribution in [-0.4, -0.2) is 167 Å². The fourth-order valence-electron chi connectivity index (χ4n) is 15.6. The second kappa shape index (κ2) is 57.3. The highest BCUT2D eigenvalue weighted by Crippen LogP contribution is 2.28. The van der Waals surface area contributed by atoms with Gasteiger partial charge >= 0.3 is 0 Å². The van der Waals surface area contributed by atoms with Crippen molar-refractivity contribution in [2.75, 3.05) is 98.9 Å². The van der Waals surface area contributed by atoms with Crippen molar-refractivity contribution in [1.82, 2.24) is 14.0 Å². The third-order valence-corrected chi connectivity index (χ3v) is 22.7. The molecule has 24 nitrogen and oxygen atoms in total. The summed E-state index contributed by atoms with van der Waals surface area (Å²) in [5, 5.41) is 0. The number of ether oxygens (including phenoxy) is 14. The van der Waals surface area contributed by atoms with Crippen LogP contribution >= 0.6 is 0 Å². The highest BCUT2D eigenvalue weighted by Gasteiger charge is 2.34. The molecule has 0 aliphatic rings. The van der Waals surface area contributed by atoms with Crippen LogP contribution in [0.5, 0.6) is 11.5 Å². The highest BCUT2D eigenvalue weighted by atomic mass is 16.6. The number of benzene rings is 10. The first-order valence-corrected chi connectivity index (χ1v) is 46.5. The minimum absolute atomic E-state index is 0.0871. The summed E-state index contributed by atoms with van der Waals surface area (Å²) >= 11 is 0. The van der Waals surface area contributed by atoms with Crippen molar-refractivity contribution < 1.29 is 75.9 Å². The van der Waals surface area contributed by atoms with Crippen molar-refractivity contribution in [3.8, 4) is 11.5 Å². The van der Waals surface area contributed by atoms with Gasteiger partial charge in [0.15, 0.2) is 23.1 Å². The molecule has 3 unspecified atom stereocenters. The zero-order valence-corrected chi connectivity index (χ0v) is 77.7. The van der Waals surface area contributed by atoms with E-state index in [1.807, 2.05) is 310 Å². The SMILES string of the molecule is CCCC(N)CN(CC(N)C(=O)c1cc(C)n(C(COC(COCc2ccccc2)COCc2ccccc2)COC(COCc2ccccc2)COCc2ccccc2)c(=O)c1OCc1ccccc1)CC(N)C(=O)c1cc(C)n(C(COC(COCc2ccccc2)COCc2ccccc2)COC(COCc2ccccc2)COCc2ccccc2)c(=O)c1OCc1ccccc1. The topological polar surface area (TPSA) is 289 Å². The van der Waals surface area contributed by atoms with Gasteiger partial charge in [0.2, 0.25) is 0 Å². The van der Waals surface area contributed by atoms with Crippen molar-refractivity contribution in [2.45, 2.75) is 154 Å². The predicted molar refractivity (Wildman–Crippen MR) is 522 cm³/mol. The number of ketones is 2. The van der Waals surface area contributed by atoms with Crippen LogP contribution in [-0.2, 0) is 123 Å². The minimum atomic E-state index is -1.38. The van der Waals surface area contributed by atoms with Gasteiger partial charge in [0.25, 0.3) is 11.1 Å². The number of nitrogens with two attached hydrogens (primary N) is 3. The van der Waals surface area contributed by atoms with Crippen LogP contribution in [0.25, 0.3) is 0 Å². The minimum Gasteiger partial charge on any atom is -0.482 e. The van der Waals surface area contributed by atoms with Crippen LogP contribution in [0.2, 0.25) is 0 Å². The van der Waals surface area contributed by atoms with E-state index in [-0.39, 0.29) is 135 Å². The molecule has 0 aliphatic heterocycles. The second-order valence-electron chi connectivity index (χ2n) is 33.8. The molecular formula is C111H130N6O18. The van der Waals surface area contributed by atoms with Crippen LogP contribution in [0, 0.1) is 13.8 Å². The highest BCUT2D eigenvalue weighted by molar-refractivity contribution is 6.03. The first kappa shape index (κ1) is 102. The number of Topliss-reactive ketones (excluding diaryl/α,β-unsaturated/α-hetero) is 2. The molecule has 0 saturated carbocycles. The number of aromatic nitrogens is 2. The van der Waals surface area contributed by atoms with Gasteiger partial charge in [-0.3, -0.25) is 24.1 Å². The van der Waals surface area contributed by atoms with E-state index in [2.05, 4.69) is 0 Å². The first-order valence-electron chi connectivity index (χ1n) is 46.5. The van der Waals surface area contributed by atoms with Crippen molar-refractivity contribution >= 4 is 11.6 Å². The van der Waals surface area contributed by atoms with Crippen LogP contribution in [0.15, 0.2) is 325 Å². The van der Waals surface area contributed by atoms with Crippen molar-refractivity contribution in [3.05, 3.63) is 414 Å². The van der Waals surface area contributed by atoms with Gasteiger partial charge in [-0.1, -0.05) is 317 Å². The number of hydrogen-bond donors (Lipinski definition) is 3. The molecule has 24 heteroatoms. The Morgan fingerprint density at radius 1 is 0.289 bits per heavy atom. The van der Waals surface area contributed by atoms with E-state index in [4.69, 9.17) is 83.5 Å². The standard InChI is InChI=1S/C111H130N6O18/c1-4-35-95(112)58-115(59-104(113)106(118)102-56-83(2)116(110(120)108(102)134-69-93-52-31-13-32-53-93)96(71-130-98(75-122-61-85-36-15-5-16-37-85)76-123-62-86-38-17-6-18-39-86)72-131-99(77-124-63-87-40-19-7-20-41-87)78-125-64-88-42-21-8-22-43-88)60-105(114)107(119)103-57-84(3)117(111(121)109(103)135-70-94-54-33-14-34-55-94)97(73-132-100(79-126-65-89-44-23-9-24-45-89)80-127-66-90-46-25-10-26-47-90)74-133-101(81-128-67-91-48-27-11-28-49-91)82-129-68-92-50-29-12-30-51-92/h5-34,36-57,95-101,104-105H,4,35,58-82,112-114H2,1-3H3. The Bertz CT molecular complexity index is 4760. The summed E-state index contributed by atoms with van der Waals surface area (Å²) in [5.74, 6) is -1.83. The summed E-state index contributed by atoms with van der Waals surface area (Å²) in [6.45, 7) is 7.93. The first-order chi connectivity index (χ1) is 66.2. The van der Waals surface area contributed by atoms with Crippen LogP contribution in [0.4, 0.5) is 0 Å². The van der Waals surface area contributed by atoms with Gasteiger partial charge in [-0.2, -0.15) is 0 Å². The van der Waals surface area contributed by atoms with Crippen molar-refractivity contribution in [1.29, 1.82) is 0 Å². The number of aryl methyl sites for hydroxylation is 2. The number of carbonyl (C=O) groups excluding carboxylic acids is 2. The molecule has 0 fully saturated rings. The maximum absolute atomic E-state index is 16.2. The van der Waals surface area contributed by atoms with Crippen molar-refractivity contribution in [2.24, 2.45) is 17.2 Å². The summed E-state index contributed by atoms with van der Waals surface area (Å²) in [7, 11) is 0. The number of rotatable bonds is 64. The van der Waals surface area contributed by atoms with E-state index in [1.54, 1.807) is 30.9 Å². The molecule has 0 aliphatic carbocycles. The van der Waals surface area contributed by atoms with Gasteiger partial charge in [-0.05, 0) is 88.0 Å². The fourth-order valence-corrected chi connectivity index (χ4v) is 15.6. The Labute approximate surface area is 793 Å². The Hall–Kier alpha value is -11.6. The molecule has 2 heterocycles. The molecule has 0 bridgehead atoms. The molecule has 0 saturated heterocycles. The van der Waals surface area contributed by atoms with Gasteiger partial charge in [0, 0.05) is 37.1 Å². The Morgan fingerprint density at radius 3 is 0.689 bits per heavy atom. The summed E-state index contributed by atoms with van der Waals surface area (Å²) in [5.41, 5.74) is 29.9. The maximum atomic E-state index is 16.2. The molecule has 2 aromatic heterocycles. The Balaban J connectivity index is 0.857. The lowest BCUT2D eigenvalue weighted by Gasteiger charge is -2.31. The van der Waals surface area contributed by atoms with E-state index in [1.165, 1.54) is 9.13 Å². The number of hydrogen-bond acceptors (Lipinski definition) is 22. The lowest BCUT2D eigenvalue weighted by molar-refractivity contribution is -0.0989. The van der Waals surface area contributed by atoms with E-state index in [9.17, 15) is 0 Å². The van der Waals surface area contributed by atoms with Crippen LogP contribution in [0.3, 0.4) is 0 Å². The van der Waals surface area contributed by atoms with Gasteiger partial charge in [0.1, 0.15) is 37.6 Å². The monoisotopic (exact) mass is 1830 g/mol.